The summed E-state index contributed by atoms with van der Waals surface area (Å²) in [6, 6.07) is 3.76. The zero-order valence-corrected chi connectivity index (χ0v) is 19.6. The van der Waals surface area contributed by atoms with Crippen LogP contribution in [0.5, 0.6) is 0 Å². The first kappa shape index (κ1) is 23.1. The van der Waals surface area contributed by atoms with E-state index in [4.69, 9.17) is 4.42 Å². The summed E-state index contributed by atoms with van der Waals surface area (Å²) in [5.74, 6) is 1.04. The number of hydrogen-bond donors (Lipinski definition) is 2. The Kier molecular flexibility index (Phi) is 7.01. The van der Waals surface area contributed by atoms with Crippen LogP contribution in [-0.4, -0.2) is 80.1 Å². The fraction of sp³-hybridized carbons (Fsp3) is 0.640. The van der Waals surface area contributed by atoms with Gasteiger partial charge in [-0.25, -0.2) is 4.98 Å². The molecule has 2 aromatic heterocycles. The molecule has 0 bridgehead atoms. The number of aliphatic hydroxyl groups is 1. The van der Waals surface area contributed by atoms with E-state index in [1.807, 2.05) is 21.7 Å². The van der Waals surface area contributed by atoms with Crippen LogP contribution >= 0.6 is 0 Å². The minimum absolute atomic E-state index is 0.0583. The number of imidazole rings is 1. The summed E-state index contributed by atoms with van der Waals surface area (Å²) in [5, 5.41) is 13.6. The minimum Gasteiger partial charge on any atom is -0.454 e. The zero-order chi connectivity index (χ0) is 23.5. The van der Waals surface area contributed by atoms with Crippen LogP contribution in [-0.2, 0) is 11.3 Å². The first-order chi connectivity index (χ1) is 16.6. The van der Waals surface area contributed by atoms with Crippen molar-refractivity contribution in [1.29, 1.82) is 0 Å². The lowest BCUT2D eigenvalue weighted by Crippen LogP contribution is -2.53. The van der Waals surface area contributed by atoms with Crippen LogP contribution in [0.2, 0.25) is 0 Å². The molecule has 9 heteroatoms. The molecule has 3 aliphatic rings. The monoisotopic (exact) mass is 469 g/mol. The highest BCUT2D eigenvalue weighted by Crippen LogP contribution is 2.28. The Balaban J connectivity index is 1.15. The largest absolute Gasteiger partial charge is 0.454 e. The Morgan fingerprint density at radius 1 is 1.12 bits per heavy atom. The predicted molar refractivity (Wildman–Crippen MR) is 125 cm³/mol. The maximum absolute atomic E-state index is 13.0. The molecule has 2 amide bonds. The normalized spacial score (nSPS) is 25.0. The van der Waals surface area contributed by atoms with Crippen LogP contribution in [0.1, 0.15) is 67.7 Å². The van der Waals surface area contributed by atoms with E-state index in [2.05, 4.69) is 15.2 Å². The summed E-state index contributed by atoms with van der Waals surface area (Å²) in [6.45, 7) is 2.29. The molecular formula is C25H35N5O4. The van der Waals surface area contributed by atoms with Crippen molar-refractivity contribution in [3.8, 4) is 0 Å². The van der Waals surface area contributed by atoms with Gasteiger partial charge in [-0.1, -0.05) is 19.3 Å². The van der Waals surface area contributed by atoms with Crippen LogP contribution in [0.25, 0.3) is 0 Å². The van der Waals surface area contributed by atoms with Crippen LogP contribution in [0.4, 0.5) is 0 Å². The van der Waals surface area contributed by atoms with Gasteiger partial charge in [-0.2, -0.15) is 0 Å². The summed E-state index contributed by atoms with van der Waals surface area (Å²) >= 11 is 0. The third-order valence-corrected chi connectivity index (χ3v) is 7.56. The summed E-state index contributed by atoms with van der Waals surface area (Å²) in [6.07, 6.45) is 12.6. The zero-order valence-electron chi connectivity index (χ0n) is 19.6. The fourth-order valence-electron chi connectivity index (χ4n) is 5.74. The van der Waals surface area contributed by atoms with Gasteiger partial charge in [-0.05, 0) is 44.2 Å². The average Bonchev–Trinajstić information content (AvgIpc) is 3.61. The van der Waals surface area contributed by atoms with Gasteiger partial charge in [0.25, 0.3) is 5.91 Å². The summed E-state index contributed by atoms with van der Waals surface area (Å²) < 4.78 is 7.69. The van der Waals surface area contributed by atoms with Gasteiger partial charge in [-0.3, -0.25) is 14.5 Å². The molecule has 2 N–H and O–H groups in total. The standard InChI is InChI=1S/C25H35N5O4/c31-20-14-22(24(32)27-18-4-2-1-3-5-18)30(15-20)19-8-11-29(12-9-19)25(33)23-7-6-21(34-23)16-28-13-10-26-17-28/h6-7,10,13,17-20,22,31H,1-5,8-9,11-12,14-16H2,(H,27,32)/t20-,22+/m1/s1. The third kappa shape index (κ3) is 5.20. The number of likely N-dealkylation sites (tertiary alicyclic amines) is 2. The topological polar surface area (TPSA) is 104 Å². The van der Waals surface area contributed by atoms with Gasteiger partial charge in [0.1, 0.15) is 5.76 Å². The van der Waals surface area contributed by atoms with E-state index in [1.165, 1.54) is 19.3 Å². The molecule has 2 atom stereocenters. The first-order valence-corrected chi connectivity index (χ1v) is 12.6. The van der Waals surface area contributed by atoms with E-state index in [0.29, 0.717) is 44.1 Å². The Morgan fingerprint density at radius 3 is 2.65 bits per heavy atom. The van der Waals surface area contributed by atoms with Gasteiger partial charge in [0.05, 0.1) is 25.0 Å². The quantitative estimate of drug-likeness (QED) is 0.671. The summed E-state index contributed by atoms with van der Waals surface area (Å²) in [7, 11) is 0. The molecule has 0 radical (unpaired) electrons. The van der Waals surface area contributed by atoms with E-state index >= 15 is 0 Å². The summed E-state index contributed by atoms with van der Waals surface area (Å²) in [5.41, 5.74) is 0. The van der Waals surface area contributed by atoms with Crippen LogP contribution in [0.3, 0.4) is 0 Å². The molecule has 4 heterocycles. The van der Waals surface area contributed by atoms with Gasteiger partial charge in [-0.15, -0.1) is 0 Å². The van der Waals surface area contributed by atoms with E-state index in [9.17, 15) is 14.7 Å². The molecule has 2 saturated heterocycles. The molecule has 1 saturated carbocycles. The minimum atomic E-state index is -0.473. The van der Waals surface area contributed by atoms with Gasteiger partial charge < -0.3 is 24.3 Å². The van der Waals surface area contributed by atoms with Gasteiger partial charge in [0, 0.05) is 44.1 Å². The molecule has 0 spiro atoms. The van der Waals surface area contributed by atoms with Crippen molar-refractivity contribution in [3.05, 3.63) is 42.4 Å². The Bertz CT molecular complexity index is 960. The average molecular weight is 470 g/mol. The third-order valence-electron chi connectivity index (χ3n) is 7.56. The lowest BCUT2D eigenvalue weighted by atomic mass is 9.95. The van der Waals surface area contributed by atoms with Gasteiger partial charge in [0.2, 0.25) is 5.91 Å². The number of furan rings is 1. The Morgan fingerprint density at radius 2 is 1.91 bits per heavy atom. The number of β-amino-alcohol motifs (C(OH)–C–C–N with tert-alkyl or cyclic N) is 1. The SMILES string of the molecule is O=C(NC1CCCCC1)[C@@H]1C[C@@H](O)CN1C1CCN(C(=O)c2ccc(Cn3ccnc3)o2)CC1. The predicted octanol–water partition coefficient (Wildman–Crippen LogP) is 2.01. The number of aliphatic hydroxyl groups excluding tert-OH is 1. The lowest BCUT2D eigenvalue weighted by molar-refractivity contribution is -0.127. The number of amides is 2. The number of rotatable bonds is 6. The molecule has 0 unspecified atom stereocenters. The molecule has 0 aromatic carbocycles. The number of hydrogen-bond acceptors (Lipinski definition) is 6. The molecule has 2 aliphatic heterocycles. The summed E-state index contributed by atoms with van der Waals surface area (Å²) in [4.78, 5) is 34.1. The van der Waals surface area contributed by atoms with E-state index < -0.39 is 6.10 Å². The second-order valence-corrected chi connectivity index (χ2v) is 9.97. The highest BCUT2D eigenvalue weighted by molar-refractivity contribution is 5.91. The van der Waals surface area contributed by atoms with Crippen molar-refractivity contribution < 1.29 is 19.1 Å². The number of nitrogens with zero attached hydrogens (tertiary/aromatic N) is 4. The van der Waals surface area contributed by atoms with Crippen molar-refractivity contribution in [2.45, 2.75) is 82.1 Å². The van der Waals surface area contributed by atoms with Crippen molar-refractivity contribution in [2.75, 3.05) is 19.6 Å². The van der Waals surface area contributed by atoms with Gasteiger partial charge in [0.15, 0.2) is 5.76 Å². The molecule has 2 aromatic rings. The second-order valence-electron chi connectivity index (χ2n) is 9.97. The number of piperidine rings is 1. The van der Waals surface area contributed by atoms with Crippen LogP contribution in [0.15, 0.2) is 35.3 Å². The van der Waals surface area contributed by atoms with Crippen molar-refractivity contribution in [3.63, 3.8) is 0 Å². The number of carbonyl (C=O) groups excluding carboxylic acids is 2. The number of carbonyl (C=O) groups is 2. The lowest BCUT2D eigenvalue weighted by Gasteiger charge is -2.39. The van der Waals surface area contributed by atoms with Crippen molar-refractivity contribution in [2.24, 2.45) is 0 Å². The molecule has 9 nitrogen and oxygen atoms in total. The van der Waals surface area contributed by atoms with E-state index in [-0.39, 0.29) is 29.9 Å². The number of aromatic nitrogens is 2. The van der Waals surface area contributed by atoms with E-state index in [1.54, 1.807) is 18.6 Å². The highest BCUT2D eigenvalue weighted by atomic mass is 16.4. The number of nitrogens with one attached hydrogen (secondary N) is 1. The maximum Gasteiger partial charge on any atom is 0.289 e. The first-order valence-electron chi connectivity index (χ1n) is 12.6. The van der Waals surface area contributed by atoms with Gasteiger partial charge >= 0.3 is 0 Å². The van der Waals surface area contributed by atoms with E-state index in [0.717, 1.165) is 25.7 Å². The molecular weight excluding hydrogens is 434 g/mol. The molecule has 5 rings (SSSR count). The Hall–Kier alpha value is -2.65. The molecule has 1 aliphatic carbocycles. The van der Waals surface area contributed by atoms with Crippen molar-refractivity contribution in [1.82, 2.24) is 24.7 Å². The molecule has 184 valence electrons. The maximum atomic E-state index is 13.0. The van der Waals surface area contributed by atoms with Crippen molar-refractivity contribution >= 4 is 11.8 Å². The van der Waals surface area contributed by atoms with Crippen LogP contribution < -0.4 is 5.32 Å². The molecule has 34 heavy (non-hydrogen) atoms. The Labute approximate surface area is 200 Å². The highest BCUT2D eigenvalue weighted by Gasteiger charge is 2.41. The van der Waals surface area contributed by atoms with Crippen LogP contribution in [0, 0.1) is 0 Å². The molecule has 3 fully saturated rings. The fourth-order valence-corrected chi connectivity index (χ4v) is 5.74. The second kappa shape index (κ2) is 10.3. The smallest absolute Gasteiger partial charge is 0.289 e.